The molecule has 2 aromatic carbocycles. The number of hydrogen-bond donors (Lipinski definition) is 1. The molecule has 0 aliphatic heterocycles. The molecule has 0 aliphatic rings. The van der Waals surface area contributed by atoms with Gasteiger partial charge in [-0.15, -0.1) is 0 Å². The average molecular weight is 469 g/mol. The average Bonchev–Trinajstić information content (AvgIpc) is 2.72. The smallest absolute Gasteiger partial charge is 0.232 e. The summed E-state index contributed by atoms with van der Waals surface area (Å²) >= 11 is 6.15. The summed E-state index contributed by atoms with van der Waals surface area (Å²) in [6.07, 6.45) is 1.67. The SMILES string of the molecule is COc1ccc(OC)c([C@@H](C)NC(=O)CCCN(c2cccc(Cl)c2C)S(C)(=O)=O)c1. The highest BCUT2D eigenvalue weighted by molar-refractivity contribution is 7.92. The number of rotatable bonds is 10. The molecule has 2 aromatic rings. The number of hydrogen-bond acceptors (Lipinski definition) is 5. The van der Waals surface area contributed by atoms with Gasteiger partial charge in [-0.05, 0) is 56.2 Å². The Hall–Kier alpha value is -2.45. The first-order valence-corrected chi connectivity index (χ1v) is 12.0. The van der Waals surface area contributed by atoms with Gasteiger partial charge >= 0.3 is 0 Å². The molecule has 0 aliphatic carbocycles. The molecule has 170 valence electrons. The number of anilines is 1. The second-order valence-electron chi connectivity index (χ2n) is 7.22. The fourth-order valence-electron chi connectivity index (χ4n) is 3.28. The number of benzene rings is 2. The Labute approximate surface area is 189 Å². The number of nitrogens with one attached hydrogen (secondary N) is 1. The van der Waals surface area contributed by atoms with Gasteiger partial charge in [-0.2, -0.15) is 0 Å². The molecular weight excluding hydrogens is 440 g/mol. The van der Waals surface area contributed by atoms with Crippen LogP contribution in [-0.2, 0) is 14.8 Å². The number of carbonyl (C=O) groups excluding carboxylic acids is 1. The van der Waals surface area contributed by atoms with Crippen molar-refractivity contribution in [3.8, 4) is 11.5 Å². The lowest BCUT2D eigenvalue weighted by Crippen LogP contribution is -2.33. The minimum absolute atomic E-state index is 0.169. The van der Waals surface area contributed by atoms with Crippen molar-refractivity contribution in [2.24, 2.45) is 0 Å². The van der Waals surface area contributed by atoms with Crippen LogP contribution >= 0.6 is 11.6 Å². The number of nitrogens with zero attached hydrogens (tertiary/aromatic N) is 1. The van der Waals surface area contributed by atoms with Gasteiger partial charge in [0.1, 0.15) is 11.5 Å². The fraction of sp³-hybridized carbons (Fsp3) is 0.409. The largest absolute Gasteiger partial charge is 0.497 e. The Morgan fingerprint density at radius 2 is 1.90 bits per heavy atom. The van der Waals surface area contributed by atoms with Crippen molar-refractivity contribution >= 4 is 33.2 Å². The van der Waals surface area contributed by atoms with E-state index in [-0.39, 0.29) is 24.9 Å². The maximum Gasteiger partial charge on any atom is 0.232 e. The van der Waals surface area contributed by atoms with Gasteiger partial charge < -0.3 is 14.8 Å². The lowest BCUT2D eigenvalue weighted by molar-refractivity contribution is -0.121. The van der Waals surface area contributed by atoms with E-state index in [0.29, 0.717) is 34.2 Å². The van der Waals surface area contributed by atoms with Crippen LogP contribution in [0, 0.1) is 6.92 Å². The minimum atomic E-state index is -3.53. The topological polar surface area (TPSA) is 84.9 Å². The standard InChI is InChI=1S/C22H29ClN2O5S/c1-15-19(23)8-6-9-20(15)25(31(5,27)28)13-7-10-22(26)24-16(2)18-14-17(29-3)11-12-21(18)30-4/h6,8-9,11-12,14,16H,7,10,13H2,1-5H3,(H,24,26)/t16-/m1/s1. The summed E-state index contributed by atoms with van der Waals surface area (Å²) in [4.78, 5) is 12.5. The Kier molecular flexibility index (Phi) is 8.59. The van der Waals surface area contributed by atoms with E-state index in [0.717, 1.165) is 11.8 Å². The van der Waals surface area contributed by atoms with Crippen molar-refractivity contribution in [2.75, 3.05) is 31.3 Å². The number of carbonyl (C=O) groups is 1. The summed E-state index contributed by atoms with van der Waals surface area (Å²) in [6.45, 7) is 3.80. The van der Waals surface area contributed by atoms with Crippen molar-refractivity contribution in [1.82, 2.24) is 5.32 Å². The molecule has 0 saturated heterocycles. The van der Waals surface area contributed by atoms with Crippen LogP contribution in [-0.4, -0.2) is 41.3 Å². The number of halogens is 1. The lowest BCUT2D eigenvalue weighted by atomic mass is 10.1. The van der Waals surface area contributed by atoms with Crippen LogP contribution < -0.4 is 19.1 Å². The van der Waals surface area contributed by atoms with Gasteiger partial charge in [-0.25, -0.2) is 8.42 Å². The summed E-state index contributed by atoms with van der Waals surface area (Å²) < 4.78 is 36.6. The van der Waals surface area contributed by atoms with E-state index in [1.165, 1.54) is 4.31 Å². The molecule has 0 aromatic heterocycles. The predicted octanol–water partition coefficient (Wildman–Crippen LogP) is 4.09. The molecule has 0 radical (unpaired) electrons. The first kappa shape index (κ1) is 24.8. The fourth-order valence-corrected chi connectivity index (χ4v) is 4.47. The van der Waals surface area contributed by atoms with E-state index in [1.807, 2.05) is 13.0 Å². The van der Waals surface area contributed by atoms with Crippen molar-refractivity contribution < 1.29 is 22.7 Å². The molecule has 1 atom stereocenters. The first-order valence-electron chi connectivity index (χ1n) is 9.82. The number of amides is 1. The monoisotopic (exact) mass is 468 g/mol. The van der Waals surface area contributed by atoms with Crippen LogP contribution in [0.15, 0.2) is 36.4 Å². The predicted molar refractivity (Wildman–Crippen MR) is 124 cm³/mol. The third-order valence-electron chi connectivity index (χ3n) is 4.95. The molecular formula is C22H29ClN2O5S. The van der Waals surface area contributed by atoms with E-state index >= 15 is 0 Å². The maximum absolute atomic E-state index is 12.5. The molecule has 1 N–H and O–H groups in total. The summed E-state index contributed by atoms with van der Waals surface area (Å²) in [6, 6.07) is 10.2. The third kappa shape index (κ3) is 6.51. The number of sulfonamides is 1. The molecule has 0 unspecified atom stereocenters. The van der Waals surface area contributed by atoms with Crippen LogP contribution in [0.4, 0.5) is 5.69 Å². The van der Waals surface area contributed by atoms with Crippen LogP contribution in [0.5, 0.6) is 11.5 Å². The zero-order valence-electron chi connectivity index (χ0n) is 18.4. The minimum Gasteiger partial charge on any atom is -0.497 e. The molecule has 7 nitrogen and oxygen atoms in total. The number of ether oxygens (including phenoxy) is 2. The normalized spacial score (nSPS) is 12.2. The lowest BCUT2D eigenvalue weighted by Gasteiger charge is -2.24. The molecule has 31 heavy (non-hydrogen) atoms. The second kappa shape index (κ2) is 10.7. The summed E-state index contributed by atoms with van der Waals surface area (Å²) in [5, 5.41) is 3.42. The molecule has 1 amide bonds. The summed E-state index contributed by atoms with van der Waals surface area (Å²) in [5.74, 6) is 1.12. The Morgan fingerprint density at radius 3 is 2.52 bits per heavy atom. The van der Waals surface area contributed by atoms with Crippen LogP contribution in [0.3, 0.4) is 0 Å². The summed E-state index contributed by atoms with van der Waals surface area (Å²) in [5.41, 5.74) is 1.99. The van der Waals surface area contributed by atoms with E-state index in [2.05, 4.69) is 5.32 Å². The highest BCUT2D eigenvalue weighted by Crippen LogP contribution is 2.30. The second-order valence-corrected chi connectivity index (χ2v) is 9.53. The van der Waals surface area contributed by atoms with Crippen LogP contribution in [0.2, 0.25) is 5.02 Å². The third-order valence-corrected chi connectivity index (χ3v) is 6.54. The molecule has 0 heterocycles. The van der Waals surface area contributed by atoms with Gasteiger partial charge in [0.15, 0.2) is 0 Å². The van der Waals surface area contributed by atoms with E-state index in [9.17, 15) is 13.2 Å². The van der Waals surface area contributed by atoms with Gasteiger partial charge in [0.05, 0.1) is 32.2 Å². The first-order chi connectivity index (χ1) is 14.6. The molecule has 9 heteroatoms. The van der Waals surface area contributed by atoms with Gasteiger partial charge in [0.2, 0.25) is 15.9 Å². The molecule has 0 bridgehead atoms. The van der Waals surface area contributed by atoms with Crippen LogP contribution in [0.1, 0.15) is 36.9 Å². The van der Waals surface area contributed by atoms with Gasteiger partial charge in [0.25, 0.3) is 0 Å². The highest BCUT2D eigenvalue weighted by Gasteiger charge is 2.21. The van der Waals surface area contributed by atoms with Crippen molar-refractivity contribution in [2.45, 2.75) is 32.7 Å². The van der Waals surface area contributed by atoms with Gasteiger partial charge in [0, 0.05) is 23.6 Å². The Morgan fingerprint density at radius 1 is 1.19 bits per heavy atom. The van der Waals surface area contributed by atoms with Gasteiger partial charge in [-0.1, -0.05) is 17.7 Å². The molecule has 0 fully saturated rings. The van der Waals surface area contributed by atoms with Crippen molar-refractivity contribution in [3.63, 3.8) is 0 Å². The zero-order valence-corrected chi connectivity index (χ0v) is 20.0. The highest BCUT2D eigenvalue weighted by atomic mass is 35.5. The Balaban J connectivity index is 2.04. The maximum atomic E-state index is 12.5. The zero-order chi connectivity index (χ0) is 23.2. The summed E-state index contributed by atoms with van der Waals surface area (Å²) in [7, 11) is -0.385. The number of methoxy groups -OCH3 is 2. The van der Waals surface area contributed by atoms with E-state index in [4.69, 9.17) is 21.1 Å². The molecule has 2 rings (SSSR count). The van der Waals surface area contributed by atoms with Gasteiger partial charge in [-0.3, -0.25) is 9.10 Å². The molecule has 0 saturated carbocycles. The van der Waals surface area contributed by atoms with Crippen molar-refractivity contribution in [1.29, 1.82) is 0 Å². The van der Waals surface area contributed by atoms with Crippen molar-refractivity contribution in [3.05, 3.63) is 52.5 Å². The van der Waals surface area contributed by atoms with E-state index < -0.39 is 10.0 Å². The molecule has 0 spiro atoms. The van der Waals surface area contributed by atoms with Crippen LogP contribution in [0.25, 0.3) is 0 Å². The Bertz CT molecular complexity index is 1030. The quantitative estimate of drug-likeness (QED) is 0.567. The van der Waals surface area contributed by atoms with E-state index in [1.54, 1.807) is 51.5 Å².